The molecule has 1 aliphatic heterocycles. The molecule has 4 atom stereocenters. The molecule has 0 spiro atoms. The van der Waals surface area contributed by atoms with E-state index >= 15 is 0 Å². The average molecular weight is 613 g/mol. The molecular formula is C31H36N2O11. The lowest BCUT2D eigenvalue weighted by Gasteiger charge is -2.47. The van der Waals surface area contributed by atoms with Crippen LogP contribution in [0.2, 0.25) is 0 Å². The number of phenols is 1. The first-order valence-corrected chi connectivity index (χ1v) is 13.7. The largest absolute Gasteiger partial charge is 0.508 e. The van der Waals surface area contributed by atoms with Gasteiger partial charge in [-0.2, -0.15) is 0 Å². The minimum Gasteiger partial charge on any atom is -0.508 e. The number of anilines is 1. The fraction of sp³-hybridized carbons (Fsp3) is 0.387. The number of nitrogens with one attached hydrogen (secondary N) is 1. The van der Waals surface area contributed by atoms with Crippen LogP contribution >= 0.6 is 0 Å². The summed E-state index contributed by atoms with van der Waals surface area (Å²) in [5.41, 5.74) is 4.54. The number of primary amides is 1. The third kappa shape index (κ3) is 6.49. The number of fused-ring (bicyclic) bond motifs is 1. The van der Waals surface area contributed by atoms with Crippen molar-refractivity contribution < 1.29 is 48.3 Å². The quantitative estimate of drug-likeness (QED) is 0.184. The van der Waals surface area contributed by atoms with Crippen molar-refractivity contribution in [1.29, 1.82) is 0 Å². The third-order valence-electron chi connectivity index (χ3n) is 7.33. The Balaban J connectivity index is 1.63. The molecule has 0 bridgehead atoms. The summed E-state index contributed by atoms with van der Waals surface area (Å²) in [4.78, 5) is 37.5. The Hall–Kier alpha value is -4.59. The summed E-state index contributed by atoms with van der Waals surface area (Å²) in [6.07, 6.45) is -3.81. The monoisotopic (exact) mass is 612 g/mol. The molecule has 0 aliphatic carbocycles. The number of benzene rings is 2. The fourth-order valence-electron chi connectivity index (χ4n) is 5.06. The second-order valence-corrected chi connectivity index (χ2v) is 11.2. The highest BCUT2D eigenvalue weighted by atomic mass is 16.7. The molecule has 13 nitrogen and oxygen atoms in total. The van der Waals surface area contributed by atoms with Gasteiger partial charge in [0, 0.05) is 18.2 Å². The zero-order valence-electron chi connectivity index (χ0n) is 25.2. The van der Waals surface area contributed by atoms with Crippen molar-refractivity contribution in [2.45, 2.75) is 71.2 Å². The van der Waals surface area contributed by atoms with Crippen molar-refractivity contribution in [2.75, 3.05) is 12.4 Å². The van der Waals surface area contributed by atoms with E-state index < -0.39 is 59.3 Å². The van der Waals surface area contributed by atoms with Crippen molar-refractivity contribution in [1.82, 2.24) is 0 Å². The maximum Gasteiger partial charge on any atom is 0.404 e. The number of rotatable bonds is 8. The van der Waals surface area contributed by atoms with Crippen LogP contribution in [0.5, 0.6) is 17.2 Å². The highest BCUT2D eigenvalue weighted by molar-refractivity contribution is 6.06. The molecule has 44 heavy (non-hydrogen) atoms. The molecule has 2 heterocycles. The van der Waals surface area contributed by atoms with Crippen molar-refractivity contribution in [3.05, 3.63) is 69.1 Å². The molecule has 3 aromatic rings. The van der Waals surface area contributed by atoms with Gasteiger partial charge in [0.2, 0.25) is 6.29 Å². The maximum atomic E-state index is 13.0. The SMILES string of the molecule is CO[C@@H]1C(OC(N)=O)C(O)[C@H](Oc2ccc3c(O)c(NC(=O)c4ccc(O)c(CC=C(C)C)c4)c(=O)oc3c2C)OC1(C)C. The molecule has 1 aliphatic rings. The fourth-order valence-corrected chi connectivity index (χ4v) is 5.06. The summed E-state index contributed by atoms with van der Waals surface area (Å²) in [5, 5.41) is 34.6. The Morgan fingerprint density at radius 2 is 1.86 bits per heavy atom. The molecule has 1 aromatic heterocycles. The van der Waals surface area contributed by atoms with Crippen LogP contribution in [0.4, 0.5) is 10.5 Å². The molecule has 1 saturated heterocycles. The van der Waals surface area contributed by atoms with E-state index in [1.807, 2.05) is 19.9 Å². The Morgan fingerprint density at radius 1 is 1.16 bits per heavy atom. The van der Waals surface area contributed by atoms with E-state index in [1.165, 1.54) is 37.4 Å². The molecule has 0 saturated carbocycles. The van der Waals surface area contributed by atoms with Crippen LogP contribution in [0.1, 0.15) is 49.2 Å². The number of aliphatic hydroxyl groups is 1. The number of aliphatic hydroxyl groups excluding tert-OH is 1. The first kappa shape index (κ1) is 32.3. The van der Waals surface area contributed by atoms with Gasteiger partial charge in [0.05, 0.1) is 11.0 Å². The minimum atomic E-state index is -1.52. The lowest BCUT2D eigenvalue weighted by atomic mass is 9.89. The Morgan fingerprint density at radius 3 is 2.50 bits per heavy atom. The average Bonchev–Trinajstić information content (AvgIpc) is 2.94. The first-order chi connectivity index (χ1) is 20.6. The van der Waals surface area contributed by atoms with E-state index in [9.17, 15) is 29.7 Å². The molecular weight excluding hydrogens is 576 g/mol. The van der Waals surface area contributed by atoms with E-state index in [2.05, 4.69) is 5.32 Å². The van der Waals surface area contributed by atoms with Crippen LogP contribution in [-0.2, 0) is 20.6 Å². The molecule has 0 radical (unpaired) electrons. The topological polar surface area (TPSA) is 200 Å². The van der Waals surface area contributed by atoms with E-state index in [4.69, 9.17) is 29.1 Å². The van der Waals surface area contributed by atoms with Gasteiger partial charge >= 0.3 is 11.7 Å². The summed E-state index contributed by atoms with van der Waals surface area (Å²) in [7, 11) is 1.37. The zero-order valence-corrected chi connectivity index (χ0v) is 25.2. The lowest BCUT2D eigenvalue weighted by Crippen LogP contribution is -2.65. The van der Waals surface area contributed by atoms with Crippen molar-refractivity contribution in [2.24, 2.45) is 5.73 Å². The number of hydrogen-bond donors (Lipinski definition) is 5. The number of aromatic hydroxyl groups is 2. The molecule has 2 unspecified atom stereocenters. The zero-order chi connectivity index (χ0) is 32.5. The highest BCUT2D eigenvalue weighted by Crippen LogP contribution is 2.38. The van der Waals surface area contributed by atoms with Gasteiger partial charge in [0.1, 0.15) is 23.2 Å². The number of phenolic OH excluding ortho intramolecular Hbond substituents is 1. The normalized spacial score (nSPS) is 21.0. The second kappa shape index (κ2) is 12.6. The lowest BCUT2D eigenvalue weighted by molar-refractivity contribution is -0.304. The van der Waals surface area contributed by atoms with Crippen molar-refractivity contribution in [3.8, 4) is 17.2 Å². The van der Waals surface area contributed by atoms with Gasteiger partial charge in [-0.3, -0.25) is 4.79 Å². The van der Waals surface area contributed by atoms with E-state index in [0.717, 1.165) is 5.57 Å². The summed E-state index contributed by atoms with van der Waals surface area (Å²) in [6, 6.07) is 7.12. The van der Waals surface area contributed by atoms with Crippen LogP contribution in [0.3, 0.4) is 0 Å². The van der Waals surface area contributed by atoms with Crippen molar-refractivity contribution in [3.63, 3.8) is 0 Å². The van der Waals surface area contributed by atoms with Crippen molar-refractivity contribution >= 4 is 28.7 Å². The van der Waals surface area contributed by atoms with Crippen LogP contribution in [0.25, 0.3) is 11.0 Å². The molecule has 2 amide bonds. The van der Waals surface area contributed by atoms with Gasteiger partial charge in [-0.1, -0.05) is 11.6 Å². The summed E-state index contributed by atoms with van der Waals surface area (Å²) in [5.74, 6) is -1.09. The highest BCUT2D eigenvalue weighted by Gasteiger charge is 2.53. The predicted octanol–water partition coefficient (Wildman–Crippen LogP) is 3.63. The molecule has 4 rings (SSSR count). The van der Waals surface area contributed by atoms with E-state index in [0.29, 0.717) is 12.0 Å². The number of carbonyl (C=O) groups excluding carboxylic acids is 2. The number of methoxy groups -OCH3 is 1. The molecule has 1 fully saturated rings. The number of carbonyl (C=O) groups is 2. The standard InChI is InChI=1S/C31H36N2O11/c1-14(2)7-8-16-13-17(9-11-19(16)34)27(37)33-21-22(35)18-10-12-20(15(3)24(18)42-28(21)38)41-29-23(36)25(43-30(32)39)26(40-6)31(4,5)44-29/h7,9-13,23,25-26,29,34-36H,8H2,1-6H3,(H2,32,39)(H,33,37)/t23?,25?,26-,29-/m1/s1. The number of hydrogen-bond acceptors (Lipinski definition) is 11. The number of ether oxygens (including phenoxy) is 4. The van der Waals surface area contributed by atoms with E-state index in [1.54, 1.807) is 20.8 Å². The smallest absolute Gasteiger partial charge is 0.404 e. The molecule has 236 valence electrons. The molecule has 6 N–H and O–H groups in total. The minimum absolute atomic E-state index is 0.0183. The van der Waals surface area contributed by atoms with Gasteiger partial charge in [0.25, 0.3) is 5.91 Å². The van der Waals surface area contributed by atoms with Crippen LogP contribution in [0, 0.1) is 6.92 Å². The summed E-state index contributed by atoms with van der Waals surface area (Å²) < 4.78 is 27.9. The molecule has 13 heteroatoms. The number of allylic oxidation sites excluding steroid dienone is 2. The summed E-state index contributed by atoms with van der Waals surface area (Å²) in [6.45, 7) is 8.69. The van der Waals surface area contributed by atoms with Gasteiger partial charge < -0.3 is 49.7 Å². The summed E-state index contributed by atoms with van der Waals surface area (Å²) >= 11 is 0. The van der Waals surface area contributed by atoms with Gasteiger partial charge in [-0.25, -0.2) is 9.59 Å². The number of amides is 2. The van der Waals surface area contributed by atoms with E-state index in [-0.39, 0.29) is 33.6 Å². The van der Waals surface area contributed by atoms with Crippen LogP contribution < -0.4 is 21.4 Å². The van der Waals surface area contributed by atoms with Gasteiger partial charge in [-0.05, 0) is 76.9 Å². The van der Waals surface area contributed by atoms with Gasteiger partial charge in [-0.15, -0.1) is 0 Å². The predicted molar refractivity (Wildman–Crippen MR) is 159 cm³/mol. The Labute approximate surface area is 252 Å². The maximum absolute atomic E-state index is 13.0. The second-order valence-electron chi connectivity index (χ2n) is 11.2. The third-order valence-corrected chi connectivity index (χ3v) is 7.33. The molecule has 2 aromatic carbocycles. The van der Waals surface area contributed by atoms with Crippen LogP contribution in [0.15, 0.2) is 51.2 Å². The van der Waals surface area contributed by atoms with Crippen LogP contribution in [-0.4, -0.2) is 64.6 Å². The Kier molecular flexibility index (Phi) is 9.23. The number of aryl methyl sites for hydroxylation is 1. The van der Waals surface area contributed by atoms with Gasteiger partial charge in [0.15, 0.2) is 23.6 Å². The Bertz CT molecular complexity index is 1670. The first-order valence-electron chi connectivity index (χ1n) is 13.7. The number of nitrogens with two attached hydrogens (primary N) is 1.